The lowest BCUT2D eigenvalue weighted by atomic mass is 10.0. The maximum atomic E-state index is 11.9. The van der Waals surface area contributed by atoms with Crippen LogP contribution in [0, 0.1) is 6.92 Å². The van der Waals surface area contributed by atoms with E-state index >= 15 is 0 Å². The molecular weight excluding hydrogens is 240 g/mol. The summed E-state index contributed by atoms with van der Waals surface area (Å²) in [5.74, 6) is 0.0304. The Kier molecular flexibility index (Phi) is 4.80. The third-order valence-corrected chi connectivity index (χ3v) is 3.62. The zero-order valence-corrected chi connectivity index (χ0v) is 11.4. The van der Waals surface area contributed by atoms with E-state index < -0.39 is 0 Å². The number of benzene rings is 1. The number of carbonyl (C=O) groups excluding carboxylic acids is 1. The zero-order chi connectivity index (χ0) is 13.7. The standard InChI is InChI=1S/C15H22N2O2/c1-11-13(16)6-4-7-14(11)17-15(18)9-8-12-5-2-3-10-19-12/h4,6-7,12H,2-3,5,8-10,16H2,1H3,(H,17,18). The number of nitrogens with one attached hydrogen (secondary N) is 1. The van der Waals surface area contributed by atoms with E-state index in [0.29, 0.717) is 12.1 Å². The lowest BCUT2D eigenvalue weighted by Crippen LogP contribution is -2.22. The molecule has 19 heavy (non-hydrogen) atoms. The molecule has 1 unspecified atom stereocenters. The highest BCUT2D eigenvalue weighted by molar-refractivity contribution is 5.92. The van der Waals surface area contributed by atoms with E-state index in [1.165, 1.54) is 6.42 Å². The third-order valence-electron chi connectivity index (χ3n) is 3.62. The Morgan fingerprint density at radius 1 is 1.47 bits per heavy atom. The maximum Gasteiger partial charge on any atom is 0.224 e. The highest BCUT2D eigenvalue weighted by Crippen LogP contribution is 2.21. The van der Waals surface area contributed by atoms with Crippen molar-refractivity contribution >= 4 is 17.3 Å². The SMILES string of the molecule is Cc1c(N)cccc1NC(=O)CCC1CCCCO1. The third kappa shape index (κ3) is 3.96. The van der Waals surface area contributed by atoms with Crippen molar-refractivity contribution < 1.29 is 9.53 Å². The number of hydrogen-bond donors (Lipinski definition) is 2. The molecule has 1 aromatic carbocycles. The van der Waals surface area contributed by atoms with Crippen LogP contribution in [0.3, 0.4) is 0 Å². The van der Waals surface area contributed by atoms with Gasteiger partial charge in [0.2, 0.25) is 5.91 Å². The summed E-state index contributed by atoms with van der Waals surface area (Å²) in [7, 11) is 0. The Hall–Kier alpha value is -1.55. The first-order chi connectivity index (χ1) is 9.16. The van der Waals surface area contributed by atoms with E-state index in [0.717, 1.165) is 37.1 Å². The first-order valence-corrected chi connectivity index (χ1v) is 6.93. The Bertz CT molecular complexity index is 440. The number of amides is 1. The molecule has 1 aliphatic rings. The van der Waals surface area contributed by atoms with Gasteiger partial charge in [-0.2, -0.15) is 0 Å². The Balaban J connectivity index is 1.82. The predicted octanol–water partition coefficient (Wildman–Crippen LogP) is 2.87. The molecule has 0 spiro atoms. The lowest BCUT2D eigenvalue weighted by Gasteiger charge is -2.22. The lowest BCUT2D eigenvalue weighted by molar-refractivity contribution is -0.117. The molecule has 1 aromatic rings. The molecule has 1 fully saturated rings. The van der Waals surface area contributed by atoms with Gasteiger partial charge in [0.05, 0.1) is 6.10 Å². The molecular formula is C15H22N2O2. The van der Waals surface area contributed by atoms with Gasteiger partial charge >= 0.3 is 0 Å². The first kappa shape index (κ1) is 13.9. The van der Waals surface area contributed by atoms with E-state index in [-0.39, 0.29) is 12.0 Å². The topological polar surface area (TPSA) is 64.3 Å². The smallest absolute Gasteiger partial charge is 0.224 e. The summed E-state index contributed by atoms with van der Waals surface area (Å²) in [5, 5.41) is 2.92. The van der Waals surface area contributed by atoms with Gasteiger partial charge in [0.15, 0.2) is 0 Å². The van der Waals surface area contributed by atoms with Crippen LogP contribution in [0.4, 0.5) is 11.4 Å². The fraction of sp³-hybridized carbons (Fsp3) is 0.533. The molecule has 4 nitrogen and oxygen atoms in total. The quantitative estimate of drug-likeness (QED) is 0.820. The summed E-state index contributed by atoms with van der Waals surface area (Å²) in [5.41, 5.74) is 8.24. The van der Waals surface area contributed by atoms with Gasteiger partial charge in [-0.25, -0.2) is 0 Å². The van der Waals surface area contributed by atoms with Crippen molar-refractivity contribution in [2.24, 2.45) is 0 Å². The molecule has 0 saturated carbocycles. The largest absolute Gasteiger partial charge is 0.398 e. The number of nitrogen functional groups attached to an aromatic ring is 1. The highest BCUT2D eigenvalue weighted by Gasteiger charge is 2.15. The van der Waals surface area contributed by atoms with E-state index in [4.69, 9.17) is 10.5 Å². The molecule has 1 amide bonds. The summed E-state index contributed by atoms with van der Waals surface area (Å²) in [6.45, 7) is 2.75. The Labute approximate surface area is 114 Å². The molecule has 0 bridgehead atoms. The Morgan fingerprint density at radius 3 is 3.05 bits per heavy atom. The molecule has 0 aliphatic carbocycles. The van der Waals surface area contributed by atoms with Gasteiger partial charge in [-0.3, -0.25) is 4.79 Å². The molecule has 0 aromatic heterocycles. The van der Waals surface area contributed by atoms with E-state index in [1.807, 2.05) is 25.1 Å². The van der Waals surface area contributed by atoms with E-state index in [1.54, 1.807) is 0 Å². The van der Waals surface area contributed by atoms with Crippen LogP contribution >= 0.6 is 0 Å². The summed E-state index contributed by atoms with van der Waals surface area (Å²) in [6.07, 6.45) is 4.98. The average Bonchev–Trinajstić information content (AvgIpc) is 2.43. The van der Waals surface area contributed by atoms with E-state index in [9.17, 15) is 4.79 Å². The fourth-order valence-corrected chi connectivity index (χ4v) is 2.33. The van der Waals surface area contributed by atoms with Crippen molar-refractivity contribution in [3.63, 3.8) is 0 Å². The van der Waals surface area contributed by atoms with Crippen LogP contribution < -0.4 is 11.1 Å². The number of nitrogens with two attached hydrogens (primary N) is 1. The van der Waals surface area contributed by atoms with Crippen molar-refractivity contribution in [2.45, 2.75) is 45.1 Å². The molecule has 0 radical (unpaired) electrons. The minimum absolute atomic E-state index is 0.0304. The van der Waals surface area contributed by atoms with Gasteiger partial charge in [0.1, 0.15) is 0 Å². The molecule has 1 heterocycles. The van der Waals surface area contributed by atoms with Crippen LogP contribution in [-0.4, -0.2) is 18.6 Å². The van der Waals surface area contributed by atoms with Crippen LogP contribution in [0.15, 0.2) is 18.2 Å². The van der Waals surface area contributed by atoms with Gasteiger partial charge in [-0.15, -0.1) is 0 Å². The molecule has 2 rings (SSSR count). The molecule has 3 N–H and O–H groups in total. The number of anilines is 2. The second-order valence-corrected chi connectivity index (χ2v) is 5.10. The molecule has 104 valence electrons. The van der Waals surface area contributed by atoms with Gasteiger partial charge in [0.25, 0.3) is 0 Å². The van der Waals surface area contributed by atoms with E-state index in [2.05, 4.69) is 5.32 Å². The number of hydrogen-bond acceptors (Lipinski definition) is 3. The first-order valence-electron chi connectivity index (χ1n) is 6.93. The minimum Gasteiger partial charge on any atom is -0.398 e. The fourth-order valence-electron chi connectivity index (χ4n) is 2.33. The normalized spacial score (nSPS) is 19.1. The molecule has 1 atom stereocenters. The van der Waals surface area contributed by atoms with Crippen LogP contribution in [0.1, 0.15) is 37.7 Å². The van der Waals surface area contributed by atoms with Crippen LogP contribution in [0.5, 0.6) is 0 Å². The van der Waals surface area contributed by atoms with Gasteiger partial charge in [-0.05, 0) is 50.3 Å². The Morgan fingerprint density at radius 2 is 2.32 bits per heavy atom. The van der Waals surface area contributed by atoms with Gasteiger partial charge < -0.3 is 15.8 Å². The van der Waals surface area contributed by atoms with Crippen molar-refractivity contribution in [1.82, 2.24) is 0 Å². The van der Waals surface area contributed by atoms with Gasteiger partial charge in [0, 0.05) is 24.4 Å². The summed E-state index contributed by atoms with van der Waals surface area (Å²) >= 11 is 0. The summed E-state index contributed by atoms with van der Waals surface area (Å²) in [4.78, 5) is 11.9. The molecule has 1 saturated heterocycles. The molecule has 1 aliphatic heterocycles. The minimum atomic E-state index is 0.0304. The van der Waals surface area contributed by atoms with Crippen LogP contribution in [-0.2, 0) is 9.53 Å². The van der Waals surface area contributed by atoms with Crippen molar-refractivity contribution in [3.05, 3.63) is 23.8 Å². The zero-order valence-electron chi connectivity index (χ0n) is 11.4. The number of carbonyl (C=O) groups is 1. The number of ether oxygens (including phenoxy) is 1. The monoisotopic (exact) mass is 262 g/mol. The maximum absolute atomic E-state index is 11.9. The van der Waals surface area contributed by atoms with Crippen LogP contribution in [0.2, 0.25) is 0 Å². The second-order valence-electron chi connectivity index (χ2n) is 5.10. The summed E-state index contributed by atoms with van der Waals surface area (Å²) < 4.78 is 5.62. The predicted molar refractivity (Wildman–Crippen MR) is 77.0 cm³/mol. The average molecular weight is 262 g/mol. The highest BCUT2D eigenvalue weighted by atomic mass is 16.5. The van der Waals surface area contributed by atoms with Gasteiger partial charge in [-0.1, -0.05) is 6.07 Å². The van der Waals surface area contributed by atoms with Crippen molar-refractivity contribution in [2.75, 3.05) is 17.7 Å². The second kappa shape index (κ2) is 6.57. The van der Waals surface area contributed by atoms with Crippen molar-refractivity contribution in [3.8, 4) is 0 Å². The van der Waals surface area contributed by atoms with Crippen molar-refractivity contribution in [1.29, 1.82) is 0 Å². The number of rotatable bonds is 4. The summed E-state index contributed by atoms with van der Waals surface area (Å²) in [6, 6.07) is 5.56. The van der Waals surface area contributed by atoms with Crippen LogP contribution in [0.25, 0.3) is 0 Å². The molecule has 4 heteroatoms.